The molecule has 0 amide bonds. The van der Waals surface area contributed by atoms with E-state index in [0.29, 0.717) is 12.5 Å². The number of nitrogens with two attached hydrogens (primary N) is 1. The molecule has 1 fully saturated rings. The lowest BCUT2D eigenvalue weighted by atomic mass is 10.2. The number of aryl methyl sites for hydroxylation is 1. The fraction of sp³-hybridized carbons (Fsp3) is 0.500. The Kier molecular flexibility index (Phi) is 2.73. The van der Waals surface area contributed by atoms with E-state index in [0.717, 1.165) is 5.75 Å². The number of hydrogen-bond acceptors (Lipinski definition) is 2. The van der Waals surface area contributed by atoms with Gasteiger partial charge in [-0.3, -0.25) is 0 Å². The highest BCUT2D eigenvalue weighted by Crippen LogP contribution is 2.31. The molecule has 2 heteroatoms. The Morgan fingerprint density at radius 2 is 2.00 bits per heavy atom. The predicted octanol–water partition coefficient (Wildman–Crippen LogP) is 2.11. The van der Waals surface area contributed by atoms with Gasteiger partial charge in [-0.05, 0) is 37.8 Å². The summed E-state index contributed by atoms with van der Waals surface area (Å²) in [5, 5.41) is 0. The van der Waals surface area contributed by atoms with E-state index in [1.54, 1.807) is 0 Å². The molecular weight excluding hydrogens is 174 g/mol. The molecule has 76 valence electrons. The standard InChI is InChI=1S/C12H17NO/c1-9-2-6-11(7-3-9)14-8-12(13)10-4-5-10/h2-3,6-7,10,12H,4-5,8,13H2,1H3/t12-/m1/s1. The molecule has 0 spiro atoms. The molecule has 1 saturated carbocycles. The molecule has 0 aromatic heterocycles. The second-order valence-corrected chi connectivity index (χ2v) is 4.13. The molecule has 1 aromatic carbocycles. The van der Waals surface area contributed by atoms with Crippen LogP contribution in [0.25, 0.3) is 0 Å². The lowest BCUT2D eigenvalue weighted by Crippen LogP contribution is -2.29. The highest BCUT2D eigenvalue weighted by Gasteiger charge is 2.28. The molecule has 2 nitrogen and oxygen atoms in total. The Hall–Kier alpha value is -1.02. The largest absolute Gasteiger partial charge is 0.492 e. The van der Waals surface area contributed by atoms with Crippen molar-refractivity contribution in [2.45, 2.75) is 25.8 Å². The zero-order valence-corrected chi connectivity index (χ0v) is 8.57. The van der Waals surface area contributed by atoms with Crippen molar-refractivity contribution < 1.29 is 4.74 Å². The van der Waals surface area contributed by atoms with Gasteiger partial charge in [0.1, 0.15) is 12.4 Å². The molecule has 1 aliphatic rings. The molecule has 1 aromatic rings. The molecule has 0 heterocycles. The van der Waals surface area contributed by atoms with E-state index in [2.05, 4.69) is 19.1 Å². The first-order valence-corrected chi connectivity index (χ1v) is 5.21. The van der Waals surface area contributed by atoms with Crippen LogP contribution in [-0.4, -0.2) is 12.6 Å². The lowest BCUT2D eigenvalue weighted by molar-refractivity contribution is 0.276. The second kappa shape index (κ2) is 4.01. The maximum Gasteiger partial charge on any atom is 0.119 e. The number of benzene rings is 1. The van der Waals surface area contributed by atoms with Gasteiger partial charge in [-0.1, -0.05) is 17.7 Å². The summed E-state index contributed by atoms with van der Waals surface area (Å²) in [6, 6.07) is 8.32. The van der Waals surface area contributed by atoms with Gasteiger partial charge in [0.2, 0.25) is 0 Å². The van der Waals surface area contributed by atoms with E-state index in [-0.39, 0.29) is 6.04 Å². The monoisotopic (exact) mass is 191 g/mol. The van der Waals surface area contributed by atoms with Crippen LogP contribution in [0.1, 0.15) is 18.4 Å². The van der Waals surface area contributed by atoms with Gasteiger partial charge in [0.25, 0.3) is 0 Å². The number of hydrogen-bond donors (Lipinski definition) is 1. The summed E-state index contributed by atoms with van der Waals surface area (Å²) >= 11 is 0. The summed E-state index contributed by atoms with van der Waals surface area (Å²) in [6.07, 6.45) is 2.55. The van der Waals surface area contributed by atoms with Crippen molar-refractivity contribution in [2.24, 2.45) is 11.7 Å². The highest BCUT2D eigenvalue weighted by atomic mass is 16.5. The third-order valence-corrected chi connectivity index (χ3v) is 2.69. The molecule has 2 N–H and O–H groups in total. The lowest BCUT2D eigenvalue weighted by Gasteiger charge is -2.12. The molecule has 0 unspecified atom stereocenters. The van der Waals surface area contributed by atoms with E-state index in [9.17, 15) is 0 Å². The molecule has 0 saturated heterocycles. The minimum atomic E-state index is 0.219. The van der Waals surface area contributed by atoms with Crippen molar-refractivity contribution in [3.63, 3.8) is 0 Å². The molecule has 1 atom stereocenters. The second-order valence-electron chi connectivity index (χ2n) is 4.13. The highest BCUT2D eigenvalue weighted by molar-refractivity contribution is 5.26. The van der Waals surface area contributed by atoms with Crippen LogP contribution in [0.5, 0.6) is 5.75 Å². The zero-order chi connectivity index (χ0) is 9.97. The van der Waals surface area contributed by atoms with Gasteiger partial charge in [0.05, 0.1) is 0 Å². The van der Waals surface area contributed by atoms with Crippen LogP contribution in [0, 0.1) is 12.8 Å². The third-order valence-electron chi connectivity index (χ3n) is 2.69. The van der Waals surface area contributed by atoms with E-state index < -0.39 is 0 Å². The van der Waals surface area contributed by atoms with Crippen molar-refractivity contribution in [3.8, 4) is 5.75 Å². The normalized spacial score (nSPS) is 17.9. The predicted molar refractivity (Wildman–Crippen MR) is 57.4 cm³/mol. The van der Waals surface area contributed by atoms with E-state index in [1.165, 1.54) is 18.4 Å². The Bertz CT molecular complexity index is 290. The molecule has 0 bridgehead atoms. The summed E-state index contributed by atoms with van der Waals surface area (Å²) < 4.78 is 5.60. The summed E-state index contributed by atoms with van der Waals surface area (Å²) in [6.45, 7) is 2.72. The van der Waals surface area contributed by atoms with Crippen LogP contribution in [0.4, 0.5) is 0 Å². The molecule has 1 aliphatic carbocycles. The fourth-order valence-electron chi connectivity index (χ4n) is 1.49. The average Bonchev–Trinajstić information content (AvgIpc) is 3.00. The zero-order valence-electron chi connectivity index (χ0n) is 8.57. The summed E-state index contributed by atoms with van der Waals surface area (Å²) in [7, 11) is 0. The Balaban J connectivity index is 1.82. The van der Waals surface area contributed by atoms with E-state index >= 15 is 0 Å². The van der Waals surface area contributed by atoms with Gasteiger partial charge >= 0.3 is 0 Å². The minimum absolute atomic E-state index is 0.219. The van der Waals surface area contributed by atoms with E-state index in [4.69, 9.17) is 10.5 Å². The van der Waals surface area contributed by atoms with E-state index in [1.807, 2.05) is 12.1 Å². The first-order valence-electron chi connectivity index (χ1n) is 5.21. The van der Waals surface area contributed by atoms with Crippen LogP contribution in [0.2, 0.25) is 0 Å². The molecule has 0 radical (unpaired) electrons. The van der Waals surface area contributed by atoms with Gasteiger partial charge in [-0.25, -0.2) is 0 Å². The Morgan fingerprint density at radius 1 is 1.36 bits per heavy atom. The number of ether oxygens (including phenoxy) is 1. The van der Waals surface area contributed by atoms with Crippen molar-refractivity contribution in [2.75, 3.05) is 6.61 Å². The van der Waals surface area contributed by atoms with Crippen molar-refractivity contribution in [1.82, 2.24) is 0 Å². The molecular formula is C12H17NO. The summed E-state index contributed by atoms with van der Waals surface area (Å²) in [4.78, 5) is 0. The minimum Gasteiger partial charge on any atom is -0.492 e. The molecule has 14 heavy (non-hydrogen) atoms. The first kappa shape index (κ1) is 9.53. The van der Waals surface area contributed by atoms with Crippen molar-refractivity contribution >= 4 is 0 Å². The van der Waals surface area contributed by atoms with Crippen LogP contribution in [-0.2, 0) is 0 Å². The van der Waals surface area contributed by atoms with Crippen molar-refractivity contribution in [3.05, 3.63) is 29.8 Å². The summed E-state index contributed by atoms with van der Waals surface area (Å²) in [5.74, 6) is 1.63. The fourth-order valence-corrected chi connectivity index (χ4v) is 1.49. The van der Waals surface area contributed by atoms with Crippen molar-refractivity contribution in [1.29, 1.82) is 0 Å². The maximum atomic E-state index is 5.93. The Labute approximate surface area is 85.1 Å². The van der Waals surface area contributed by atoms with Gasteiger partial charge in [-0.2, -0.15) is 0 Å². The Morgan fingerprint density at radius 3 is 2.57 bits per heavy atom. The van der Waals surface area contributed by atoms with Crippen LogP contribution in [0.3, 0.4) is 0 Å². The van der Waals surface area contributed by atoms with Gasteiger partial charge in [0, 0.05) is 6.04 Å². The average molecular weight is 191 g/mol. The first-order chi connectivity index (χ1) is 6.75. The molecule has 2 rings (SSSR count). The van der Waals surface area contributed by atoms with Gasteiger partial charge < -0.3 is 10.5 Å². The smallest absolute Gasteiger partial charge is 0.119 e. The topological polar surface area (TPSA) is 35.2 Å². The maximum absolute atomic E-state index is 5.93. The quantitative estimate of drug-likeness (QED) is 0.791. The number of rotatable bonds is 4. The summed E-state index contributed by atoms with van der Waals surface area (Å²) in [5.41, 5.74) is 7.19. The van der Waals surface area contributed by atoms with Crippen LogP contribution < -0.4 is 10.5 Å². The van der Waals surface area contributed by atoms with Gasteiger partial charge in [-0.15, -0.1) is 0 Å². The molecule has 0 aliphatic heterocycles. The third kappa shape index (κ3) is 2.48. The van der Waals surface area contributed by atoms with Crippen LogP contribution >= 0.6 is 0 Å². The van der Waals surface area contributed by atoms with Crippen LogP contribution in [0.15, 0.2) is 24.3 Å². The SMILES string of the molecule is Cc1ccc(OC[C@@H](N)C2CC2)cc1. The van der Waals surface area contributed by atoms with Gasteiger partial charge in [0.15, 0.2) is 0 Å².